The van der Waals surface area contributed by atoms with Crippen molar-refractivity contribution in [2.24, 2.45) is 5.92 Å². The van der Waals surface area contributed by atoms with Crippen LogP contribution in [0, 0.1) is 24.5 Å². The molecular weight excluding hydrogens is 527 g/mol. The molecule has 0 atom stereocenters. The number of anilines is 2. The molecule has 0 radical (unpaired) electrons. The molecule has 0 amide bonds. The summed E-state index contributed by atoms with van der Waals surface area (Å²) >= 11 is 5.93. The van der Waals surface area contributed by atoms with Crippen molar-refractivity contribution in [1.29, 1.82) is 0 Å². The van der Waals surface area contributed by atoms with Gasteiger partial charge in [-0.15, -0.1) is 0 Å². The lowest BCUT2D eigenvalue weighted by atomic mass is 9.88. The highest BCUT2D eigenvalue weighted by Gasteiger charge is 2.44. The lowest BCUT2D eigenvalue weighted by molar-refractivity contribution is -0.136. The zero-order valence-corrected chi connectivity index (χ0v) is 23.6. The molecule has 2 aromatic heterocycles. The van der Waals surface area contributed by atoms with Crippen LogP contribution in [-0.4, -0.2) is 46.0 Å². The van der Waals surface area contributed by atoms with Crippen LogP contribution in [-0.2, 0) is 28.9 Å². The second-order valence-corrected chi connectivity index (χ2v) is 12.2. The smallest absolute Gasteiger partial charge is 0.185 e. The Morgan fingerprint density at radius 2 is 1.82 bits per heavy atom. The summed E-state index contributed by atoms with van der Waals surface area (Å²) in [5.74, 6) is 0.111. The summed E-state index contributed by atoms with van der Waals surface area (Å²) in [4.78, 5) is 6.76. The van der Waals surface area contributed by atoms with E-state index in [4.69, 9.17) is 16.3 Å². The number of alkyl halides is 1. The minimum atomic E-state index is -1.87. The largest absolute Gasteiger partial charge is 0.374 e. The highest BCUT2D eigenvalue weighted by molar-refractivity contribution is 6.30. The molecule has 6 nitrogen and oxygen atoms in total. The summed E-state index contributed by atoms with van der Waals surface area (Å²) in [6, 6.07) is 8.37. The Kier molecular flexibility index (Phi) is 7.70. The average Bonchev–Trinajstić information content (AvgIpc) is 3.24. The first-order valence-corrected chi connectivity index (χ1v) is 13.8. The third-order valence-electron chi connectivity index (χ3n) is 7.56. The van der Waals surface area contributed by atoms with Gasteiger partial charge in [0, 0.05) is 29.4 Å². The van der Waals surface area contributed by atoms with E-state index in [1.165, 1.54) is 6.07 Å². The number of likely N-dealkylation sites (tertiary alicyclic amines) is 1. The number of halogens is 4. The minimum absolute atomic E-state index is 0.0258. The van der Waals surface area contributed by atoms with Crippen LogP contribution in [0.4, 0.5) is 24.8 Å². The number of ether oxygens (including phenoxy) is 1. The molecule has 0 spiro atoms. The fraction of sp³-hybridized carbons (Fsp3) is 0.517. The molecule has 1 aromatic carbocycles. The van der Waals surface area contributed by atoms with E-state index in [1.807, 2.05) is 17.7 Å². The molecule has 39 heavy (non-hydrogen) atoms. The monoisotopic (exact) mass is 561 g/mol. The first-order chi connectivity index (χ1) is 18.4. The Bertz CT molecular complexity index is 1340. The Hall–Kier alpha value is -2.62. The summed E-state index contributed by atoms with van der Waals surface area (Å²) in [7, 11) is 0. The number of rotatable bonds is 7. The highest BCUT2D eigenvalue weighted by Crippen LogP contribution is 2.38. The maximum Gasteiger partial charge on any atom is 0.185 e. The molecule has 10 heteroatoms. The number of benzene rings is 1. The predicted molar refractivity (Wildman–Crippen MR) is 146 cm³/mol. The molecule has 1 N–H and O–H groups in total. The van der Waals surface area contributed by atoms with E-state index in [0.29, 0.717) is 30.2 Å². The van der Waals surface area contributed by atoms with Crippen LogP contribution in [0.3, 0.4) is 0 Å². The van der Waals surface area contributed by atoms with Crippen LogP contribution in [0.15, 0.2) is 30.3 Å². The normalized spacial score (nSPS) is 18.3. The van der Waals surface area contributed by atoms with Crippen LogP contribution >= 0.6 is 11.6 Å². The van der Waals surface area contributed by atoms with Gasteiger partial charge in [0.2, 0.25) is 0 Å². The third kappa shape index (κ3) is 5.95. The second-order valence-electron chi connectivity index (χ2n) is 11.8. The molecule has 0 aliphatic carbocycles. The number of nitrogens with zero attached hydrogens (tertiary/aromatic N) is 4. The Morgan fingerprint density at radius 1 is 1.10 bits per heavy atom. The lowest BCUT2D eigenvalue weighted by Crippen LogP contribution is -2.43. The Balaban J connectivity index is 1.32. The molecular formula is C29H35ClF3N5O. The van der Waals surface area contributed by atoms with E-state index < -0.39 is 11.5 Å². The first-order valence-electron chi connectivity index (χ1n) is 13.4. The number of hydrogen-bond acceptors (Lipinski definition) is 5. The van der Waals surface area contributed by atoms with Crippen molar-refractivity contribution < 1.29 is 17.9 Å². The maximum atomic E-state index is 15.7. The van der Waals surface area contributed by atoms with Crippen molar-refractivity contribution in [3.8, 4) is 0 Å². The number of piperidine rings is 1. The fourth-order valence-electron chi connectivity index (χ4n) is 5.42. The van der Waals surface area contributed by atoms with E-state index in [9.17, 15) is 4.39 Å². The van der Waals surface area contributed by atoms with Gasteiger partial charge in [0.1, 0.15) is 11.6 Å². The SMILES string of the molecule is Cc1cc(Nc2cc(C3(F)COC3)c(F)c(CC3CCN(Cc4cccc(Cl)c4F)CC3)n2)nn1C(C)(C)C. The fourth-order valence-corrected chi connectivity index (χ4v) is 5.62. The molecule has 3 aromatic rings. The number of nitrogens with one attached hydrogen (secondary N) is 1. The van der Waals surface area contributed by atoms with Gasteiger partial charge >= 0.3 is 0 Å². The van der Waals surface area contributed by atoms with Gasteiger partial charge in [-0.1, -0.05) is 23.7 Å². The molecule has 2 fully saturated rings. The van der Waals surface area contributed by atoms with Crippen molar-refractivity contribution in [2.75, 3.05) is 31.6 Å². The van der Waals surface area contributed by atoms with E-state index in [1.54, 1.807) is 18.2 Å². The predicted octanol–water partition coefficient (Wildman–Crippen LogP) is 6.67. The third-order valence-corrected chi connectivity index (χ3v) is 7.86. The molecule has 210 valence electrons. The van der Waals surface area contributed by atoms with Crippen LogP contribution in [0.5, 0.6) is 0 Å². The van der Waals surface area contributed by atoms with Gasteiger partial charge in [-0.25, -0.2) is 18.2 Å². The Labute approximate surface area is 232 Å². The van der Waals surface area contributed by atoms with Crippen LogP contribution in [0.1, 0.15) is 56.1 Å². The van der Waals surface area contributed by atoms with Gasteiger partial charge in [-0.2, -0.15) is 5.10 Å². The lowest BCUT2D eigenvalue weighted by Gasteiger charge is -2.35. The zero-order chi connectivity index (χ0) is 27.9. The highest BCUT2D eigenvalue weighted by atomic mass is 35.5. The standard InChI is InChI=1S/C29H35ClF3N5O/c1-18-12-25(36-38(18)28(2,3)4)35-24-14-21(29(33)16-39-17-29)27(32)23(34-24)13-19-8-10-37(11-9-19)15-20-6-5-7-22(30)26(20)31/h5-7,12,14,19H,8-11,13,15-17H2,1-4H3,(H,34,35,36). The summed E-state index contributed by atoms with van der Waals surface area (Å²) in [6.07, 6.45) is 1.99. The number of aryl methyl sites for hydroxylation is 1. The summed E-state index contributed by atoms with van der Waals surface area (Å²) in [5, 5.41) is 7.93. The second kappa shape index (κ2) is 10.7. The van der Waals surface area contributed by atoms with Gasteiger partial charge < -0.3 is 10.1 Å². The topological polar surface area (TPSA) is 55.2 Å². The van der Waals surface area contributed by atoms with Crippen LogP contribution < -0.4 is 5.32 Å². The maximum absolute atomic E-state index is 15.7. The molecule has 2 saturated heterocycles. The average molecular weight is 562 g/mol. The van der Waals surface area contributed by atoms with Crippen molar-refractivity contribution in [1.82, 2.24) is 19.7 Å². The molecule has 2 aliphatic heterocycles. The molecule has 0 saturated carbocycles. The van der Waals surface area contributed by atoms with E-state index >= 15 is 8.78 Å². The van der Waals surface area contributed by atoms with Gasteiger partial charge in [0.15, 0.2) is 17.3 Å². The Morgan fingerprint density at radius 3 is 2.44 bits per heavy atom. The molecule has 5 rings (SSSR count). The molecule has 0 unspecified atom stereocenters. The quantitative estimate of drug-likeness (QED) is 0.349. The number of aromatic nitrogens is 3. The van der Waals surface area contributed by atoms with Gasteiger partial charge in [-0.05, 0) is 78.1 Å². The molecule has 4 heterocycles. The first kappa shape index (κ1) is 27.9. The van der Waals surface area contributed by atoms with Crippen molar-refractivity contribution in [3.05, 3.63) is 69.5 Å². The zero-order valence-electron chi connectivity index (χ0n) is 22.8. The van der Waals surface area contributed by atoms with Crippen LogP contribution in [0.2, 0.25) is 5.02 Å². The summed E-state index contributed by atoms with van der Waals surface area (Å²) in [5.41, 5.74) is -0.338. The van der Waals surface area contributed by atoms with E-state index in [0.717, 1.165) is 31.6 Å². The number of hydrogen-bond donors (Lipinski definition) is 1. The van der Waals surface area contributed by atoms with Crippen molar-refractivity contribution >= 4 is 23.2 Å². The molecule has 2 aliphatic rings. The minimum Gasteiger partial charge on any atom is -0.374 e. The molecule has 0 bridgehead atoms. The summed E-state index contributed by atoms with van der Waals surface area (Å²) < 4.78 is 52.4. The van der Waals surface area contributed by atoms with Gasteiger partial charge in [0.25, 0.3) is 0 Å². The number of pyridine rings is 1. The van der Waals surface area contributed by atoms with Gasteiger partial charge in [0.05, 0.1) is 29.5 Å². The van der Waals surface area contributed by atoms with Gasteiger partial charge in [-0.3, -0.25) is 9.58 Å². The summed E-state index contributed by atoms with van der Waals surface area (Å²) in [6.45, 7) is 9.75. The van der Waals surface area contributed by atoms with Crippen molar-refractivity contribution in [3.63, 3.8) is 0 Å². The van der Waals surface area contributed by atoms with Crippen molar-refractivity contribution in [2.45, 2.75) is 64.7 Å². The van der Waals surface area contributed by atoms with E-state index in [-0.39, 0.29) is 46.8 Å². The van der Waals surface area contributed by atoms with Crippen LogP contribution in [0.25, 0.3) is 0 Å². The van der Waals surface area contributed by atoms with E-state index in [2.05, 4.69) is 41.1 Å².